The van der Waals surface area contributed by atoms with Gasteiger partial charge in [-0.05, 0) is 49.1 Å². The van der Waals surface area contributed by atoms with Crippen LogP contribution in [0.15, 0.2) is 48.5 Å². The molecule has 2 aromatic rings. The van der Waals surface area contributed by atoms with Gasteiger partial charge in [0.15, 0.2) is 0 Å². The van der Waals surface area contributed by atoms with Crippen molar-refractivity contribution in [3.05, 3.63) is 70.8 Å². The predicted octanol–water partition coefficient (Wildman–Crippen LogP) is 3.64. The van der Waals surface area contributed by atoms with Gasteiger partial charge in [0.2, 0.25) is 0 Å². The molecule has 2 rings (SSSR count). The van der Waals surface area contributed by atoms with Crippen LogP contribution in [0.4, 0.5) is 0 Å². The van der Waals surface area contributed by atoms with Gasteiger partial charge in [0.05, 0.1) is 0 Å². The maximum atomic E-state index is 3.50. The van der Waals surface area contributed by atoms with E-state index in [-0.39, 0.29) is 0 Å². The molecule has 0 amide bonds. The molecule has 0 saturated carbocycles. The molecule has 0 aliphatic carbocycles. The quantitative estimate of drug-likeness (QED) is 0.786. The first kappa shape index (κ1) is 12.8. The molecule has 0 spiro atoms. The highest BCUT2D eigenvalue weighted by molar-refractivity contribution is 5.29. The summed E-state index contributed by atoms with van der Waals surface area (Å²) in [6.45, 7) is 6.30. The standard InChI is InChI=1S/C17H21N/c1-14-8-9-17(12-15(14)2)13-18-11-10-16-6-4-3-5-7-16/h3-9,12,18H,10-11,13H2,1-2H3. The molecule has 18 heavy (non-hydrogen) atoms. The van der Waals surface area contributed by atoms with E-state index in [1.807, 2.05) is 0 Å². The van der Waals surface area contributed by atoms with Crippen LogP contribution in [-0.4, -0.2) is 6.54 Å². The van der Waals surface area contributed by atoms with Crippen molar-refractivity contribution < 1.29 is 0 Å². The Bertz CT molecular complexity index is 488. The Morgan fingerprint density at radius 3 is 2.33 bits per heavy atom. The van der Waals surface area contributed by atoms with Crippen molar-refractivity contribution in [2.45, 2.75) is 26.8 Å². The Labute approximate surface area is 110 Å². The van der Waals surface area contributed by atoms with E-state index in [0.29, 0.717) is 0 Å². The lowest BCUT2D eigenvalue weighted by Gasteiger charge is -2.07. The molecule has 94 valence electrons. The molecule has 1 nitrogen and oxygen atoms in total. The monoisotopic (exact) mass is 239 g/mol. The molecular formula is C17H21N. The molecule has 1 N–H and O–H groups in total. The summed E-state index contributed by atoms with van der Waals surface area (Å²) in [7, 11) is 0. The van der Waals surface area contributed by atoms with E-state index in [2.05, 4.69) is 67.7 Å². The molecule has 0 unspecified atom stereocenters. The SMILES string of the molecule is Cc1ccc(CNCCc2ccccc2)cc1C. The van der Waals surface area contributed by atoms with Gasteiger partial charge in [-0.3, -0.25) is 0 Å². The summed E-state index contributed by atoms with van der Waals surface area (Å²) >= 11 is 0. The smallest absolute Gasteiger partial charge is 0.0205 e. The van der Waals surface area contributed by atoms with Crippen molar-refractivity contribution in [2.24, 2.45) is 0 Å². The van der Waals surface area contributed by atoms with E-state index in [1.54, 1.807) is 0 Å². The molecule has 0 aliphatic heterocycles. The van der Waals surface area contributed by atoms with Gasteiger partial charge in [0.25, 0.3) is 0 Å². The molecule has 0 aliphatic rings. The minimum atomic E-state index is 0.952. The topological polar surface area (TPSA) is 12.0 Å². The summed E-state index contributed by atoms with van der Waals surface area (Å²) in [5.41, 5.74) is 5.50. The highest BCUT2D eigenvalue weighted by atomic mass is 14.8. The number of hydrogen-bond donors (Lipinski definition) is 1. The van der Waals surface area contributed by atoms with Crippen LogP contribution in [0.3, 0.4) is 0 Å². The minimum Gasteiger partial charge on any atom is -0.312 e. The molecule has 0 atom stereocenters. The first-order chi connectivity index (χ1) is 8.75. The Morgan fingerprint density at radius 1 is 0.833 bits per heavy atom. The number of hydrogen-bond acceptors (Lipinski definition) is 1. The molecular weight excluding hydrogens is 218 g/mol. The second-order valence-corrected chi connectivity index (χ2v) is 4.83. The highest BCUT2D eigenvalue weighted by Crippen LogP contribution is 2.09. The van der Waals surface area contributed by atoms with E-state index < -0.39 is 0 Å². The van der Waals surface area contributed by atoms with Gasteiger partial charge in [0, 0.05) is 6.54 Å². The number of aryl methyl sites for hydroxylation is 2. The molecule has 0 heterocycles. The Morgan fingerprint density at radius 2 is 1.61 bits per heavy atom. The molecule has 1 heteroatoms. The van der Waals surface area contributed by atoms with Crippen molar-refractivity contribution in [3.63, 3.8) is 0 Å². The van der Waals surface area contributed by atoms with Crippen molar-refractivity contribution in [2.75, 3.05) is 6.54 Å². The maximum absolute atomic E-state index is 3.50. The molecule has 2 aromatic carbocycles. The van der Waals surface area contributed by atoms with Crippen molar-refractivity contribution in [1.29, 1.82) is 0 Å². The van der Waals surface area contributed by atoms with E-state index in [4.69, 9.17) is 0 Å². The van der Waals surface area contributed by atoms with E-state index in [9.17, 15) is 0 Å². The summed E-state index contributed by atoms with van der Waals surface area (Å²) < 4.78 is 0. The van der Waals surface area contributed by atoms with Crippen LogP contribution in [0, 0.1) is 13.8 Å². The average Bonchev–Trinajstić information content (AvgIpc) is 2.40. The Kier molecular flexibility index (Phi) is 4.54. The first-order valence-electron chi connectivity index (χ1n) is 6.56. The van der Waals surface area contributed by atoms with Gasteiger partial charge in [-0.25, -0.2) is 0 Å². The molecule has 0 bridgehead atoms. The van der Waals surface area contributed by atoms with Gasteiger partial charge in [-0.2, -0.15) is 0 Å². The second kappa shape index (κ2) is 6.36. The van der Waals surface area contributed by atoms with Crippen LogP contribution in [-0.2, 0) is 13.0 Å². The summed E-state index contributed by atoms with van der Waals surface area (Å²) in [5, 5.41) is 3.50. The third-order valence-electron chi connectivity index (χ3n) is 3.33. The molecule has 0 fully saturated rings. The Balaban J connectivity index is 1.77. The first-order valence-corrected chi connectivity index (χ1v) is 6.56. The summed E-state index contributed by atoms with van der Waals surface area (Å²) in [5.74, 6) is 0. The van der Waals surface area contributed by atoms with Crippen molar-refractivity contribution >= 4 is 0 Å². The van der Waals surface area contributed by atoms with E-state index >= 15 is 0 Å². The zero-order valence-electron chi connectivity index (χ0n) is 11.2. The van der Waals surface area contributed by atoms with Crippen LogP contribution in [0.25, 0.3) is 0 Å². The third-order valence-corrected chi connectivity index (χ3v) is 3.33. The van der Waals surface area contributed by atoms with Crippen LogP contribution in [0.5, 0.6) is 0 Å². The average molecular weight is 239 g/mol. The lowest BCUT2D eigenvalue weighted by molar-refractivity contribution is 0.686. The second-order valence-electron chi connectivity index (χ2n) is 4.83. The number of rotatable bonds is 5. The predicted molar refractivity (Wildman–Crippen MR) is 77.8 cm³/mol. The fraction of sp³-hybridized carbons (Fsp3) is 0.294. The molecule has 0 saturated heterocycles. The molecule has 0 aromatic heterocycles. The summed E-state index contributed by atoms with van der Waals surface area (Å²) in [6, 6.07) is 17.3. The van der Waals surface area contributed by atoms with Crippen LogP contribution >= 0.6 is 0 Å². The van der Waals surface area contributed by atoms with Gasteiger partial charge < -0.3 is 5.32 Å². The minimum absolute atomic E-state index is 0.952. The highest BCUT2D eigenvalue weighted by Gasteiger charge is 1.96. The zero-order chi connectivity index (χ0) is 12.8. The lowest BCUT2D eigenvalue weighted by Crippen LogP contribution is -2.16. The largest absolute Gasteiger partial charge is 0.312 e. The van der Waals surface area contributed by atoms with Gasteiger partial charge >= 0.3 is 0 Å². The van der Waals surface area contributed by atoms with E-state index in [0.717, 1.165) is 19.5 Å². The van der Waals surface area contributed by atoms with Crippen molar-refractivity contribution in [3.8, 4) is 0 Å². The van der Waals surface area contributed by atoms with Crippen LogP contribution in [0.2, 0.25) is 0 Å². The van der Waals surface area contributed by atoms with Gasteiger partial charge in [-0.15, -0.1) is 0 Å². The van der Waals surface area contributed by atoms with E-state index in [1.165, 1.54) is 22.3 Å². The number of benzene rings is 2. The van der Waals surface area contributed by atoms with Gasteiger partial charge in [0.1, 0.15) is 0 Å². The fourth-order valence-corrected chi connectivity index (χ4v) is 2.02. The summed E-state index contributed by atoms with van der Waals surface area (Å²) in [4.78, 5) is 0. The van der Waals surface area contributed by atoms with Crippen molar-refractivity contribution in [1.82, 2.24) is 5.32 Å². The summed E-state index contributed by atoms with van der Waals surface area (Å²) in [6.07, 6.45) is 1.09. The normalized spacial score (nSPS) is 10.6. The molecule has 0 radical (unpaired) electrons. The van der Waals surface area contributed by atoms with Crippen LogP contribution < -0.4 is 5.32 Å². The number of nitrogens with one attached hydrogen (secondary N) is 1. The van der Waals surface area contributed by atoms with Crippen LogP contribution in [0.1, 0.15) is 22.3 Å². The maximum Gasteiger partial charge on any atom is 0.0205 e. The lowest BCUT2D eigenvalue weighted by atomic mass is 10.1. The fourth-order valence-electron chi connectivity index (χ4n) is 2.02. The van der Waals surface area contributed by atoms with Gasteiger partial charge in [-0.1, -0.05) is 48.5 Å². The third kappa shape index (κ3) is 3.71. The zero-order valence-corrected chi connectivity index (χ0v) is 11.2. The Hall–Kier alpha value is -1.60.